The first kappa shape index (κ1) is 27.5. The zero-order valence-electron chi connectivity index (χ0n) is 20.3. The predicted molar refractivity (Wildman–Crippen MR) is 135 cm³/mol. The average Bonchev–Trinajstić information content (AvgIpc) is 2.79. The number of hydrogen-bond acceptors (Lipinski definition) is 5. The van der Waals surface area contributed by atoms with Crippen molar-refractivity contribution in [1.29, 1.82) is 0 Å². The van der Waals surface area contributed by atoms with E-state index in [0.29, 0.717) is 11.4 Å². The molecule has 0 aliphatic carbocycles. The molecule has 10 heteroatoms. The number of benzene rings is 2. The number of pyridine rings is 1. The van der Waals surface area contributed by atoms with E-state index in [9.17, 15) is 23.5 Å². The summed E-state index contributed by atoms with van der Waals surface area (Å²) < 4.78 is 39.6. The fourth-order valence-corrected chi connectivity index (χ4v) is 3.89. The number of amides is 1. The highest BCUT2D eigenvalue weighted by atomic mass is 79.9. The van der Waals surface area contributed by atoms with Crippen LogP contribution < -0.4 is 15.6 Å². The van der Waals surface area contributed by atoms with Crippen molar-refractivity contribution < 1.29 is 28.2 Å². The fraction of sp³-hybridized carbons (Fsp3) is 0.308. The van der Waals surface area contributed by atoms with Crippen LogP contribution >= 0.6 is 15.9 Å². The maximum Gasteiger partial charge on any atom is 0.269 e. The molecule has 0 saturated carbocycles. The smallest absolute Gasteiger partial charge is 0.269 e. The molecule has 1 heterocycles. The Morgan fingerprint density at radius 2 is 1.83 bits per heavy atom. The van der Waals surface area contributed by atoms with E-state index in [2.05, 4.69) is 21.2 Å². The standard InChI is InChI=1S/C26H27BrF2N2O5/c1-15-11-22(35-14-18-7-8-19(28)12-21(18)29)23(27)24(33)31(15)13-17-5-9-20(10-6-17)30-25(34)26(3,4)36-16(2)32/h5-12,16,32H,13-14H2,1-4H3,(H,30,34). The molecule has 0 aliphatic heterocycles. The normalized spacial score (nSPS) is 12.3. The van der Waals surface area contributed by atoms with Gasteiger partial charge in [0.15, 0.2) is 6.29 Å². The molecule has 0 bridgehead atoms. The highest BCUT2D eigenvalue weighted by molar-refractivity contribution is 9.10. The van der Waals surface area contributed by atoms with Crippen LogP contribution in [0.5, 0.6) is 5.75 Å². The SMILES string of the molecule is Cc1cc(OCc2ccc(F)cc2F)c(Br)c(=O)n1Cc1ccc(NC(=O)C(C)(C)OC(C)O)cc1. The monoisotopic (exact) mass is 564 g/mol. The maximum atomic E-state index is 13.9. The van der Waals surface area contributed by atoms with Crippen LogP contribution in [0.2, 0.25) is 0 Å². The summed E-state index contributed by atoms with van der Waals surface area (Å²) in [4.78, 5) is 25.4. The summed E-state index contributed by atoms with van der Waals surface area (Å²) in [5.74, 6) is -1.57. The fourth-order valence-electron chi connectivity index (χ4n) is 3.45. The number of carbonyl (C=O) groups excluding carboxylic acids is 1. The van der Waals surface area contributed by atoms with Gasteiger partial charge in [-0.15, -0.1) is 0 Å². The summed E-state index contributed by atoms with van der Waals surface area (Å²) in [5, 5.41) is 12.1. The second kappa shape index (κ2) is 11.3. The van der Waals surface area contributed by atoms with Gasteiger partial charge in [0.1, 0.15) is 34.1 Å². The highest BCUT2D eigenvalue weighted by Gasteiger charge is 2.30. The first-order chi connectivity index (χ1) is 16.9. The Kier molecular flexibility index (Phi) is 8.65. The third-order valence-electron chi connectivity index (χ3n) is 5.38. The lowest BCUT2D eigenvalue weighted by molar-refractivity contribution is -0.174. The molecule has 3 rings (SSSR count). The molecule has 1 aromatic heterocycles. The lowest BCUT2D eigenvalue weighted by Gasteiger charge is -2.25. The van der Waals surface area contributed by atoms with E-state index < -0.39 is 29.4 Å². The number of rotatable bonds is 9. The lowest BCUT2D eigenvalue weighted by atomic mass is 10.1. The summed E-state index contributed by atoms with van der Waals surface area (Å²) in [5.41, 5.74) is 0.569. The molecule has 1 unspecified atom stereocenters. The number of halogens is 3. The molecular weight excluding hydrogens is 538 g/mol. The minimum atomic E-state index is -1.23. The van der Waals surface area contributed by atoms with Crippen LogP contribution in [0.4, 0.5) is 14.5 Å². The Balaban J connectivity index is 1.71. The van der Waals surface area contributed by atoms with Gasteiger partial charge in [0, 0.05) is 29.1 Å². The Morgan fingerprint density at radius 3 is 2.44 bits per heavy atom. The number of anilines is 1. The van der Waals surface area contributed by atoms with Crippen molar-refractivity contribution >= 4 is 27.5 Å². The highest BCUT2D eigenvalue weighted by Crippen LogP contribution is 2.25. The largest absolute Gasteiger partial charge is 0.487 e. The van der Waals surface area contributed by atoms with Crippen molar-refractivity contribution in [3.05, 3.63) is 91.8 Å². The van der Waals surface area contributed by atoms with Gasteiger partial charge in [0.2, 0.25) is 0 Å². The van der Waals surface area contributed by atoms with Gasteiger partial charge < -0.3 is 24.5 Å². The number of hydrogen-bond donors (Lipinski definition) is 2. The van der Waals surface area contributed by atoms with E-state index in [1.54, 1.807) is 55.7 Å². The quantitative estimate of drug-likeness (QED) is 0.361. The number of aryl methyl sites for hydroxylation is 1. The van der Waals surface area contributed by atoms with Gasteiger partial charge in [-0.3, -0.25) is 9.59 Å². The number of aliphatic hydroxyl groups is 1. The second-order valence-electron chi connectivity index (χ2n) is 8.76. The predicted octanol–water partition coefficient (Wildman–Crippen LogP) is 4.90. The molecule has 0 spiro atoms. The number of aromatic nitrogens is 1. The molecule has 7 nitrogen and oxygen atoms in total. The number of nitrogens with one attached hydrogen (secondary N) is 1. The van der Waals surface area contributed by atoms with E-state index in [1.807, 2.05) is 0 Å². The molecule has 36 heavy (non-hydrogen) atoms. The minimum absolute atomic E-state index is 0.165. The maximum absolute atomic E-state index is 13.9. The molecule has 3 aromatic rings. The Labute approximate surface area is 215 Å². The van der Waals surface area contributed by atoms with Crippen molar-refractivity contribution in [2.45, 2.75) is 52.7 Å². The van der Waals surface area contributed by atoms with Crippen LogP contribution in [0, 0.1) is 18.6 Å². The number of nitrogens with zero attached hydrogens (tertiary/aromatic N) is 1. The van der Waals surface area contributed by atoms with Gasteiger partial charge in [-0.05, 0) is 73.5 Å². The van der Waals surface area contributed by atoms with Crippen LogP contribution in [0.3, 0.4) is 0 Å². The molecule has 2 aromatic carbocycles. The van der Waals surface area contributed by atoms with Crippen LogP contribution in [0.15, 0.2) is 57.8 Å². The van der Waals surface area contributed by atoms with Crippen molar-refractivity contribution in [2.75, 3.05) is 5.32 Å². The minimum Gasteiger partial charge on any atom is -0.487 e. The van der Waals surface area contributed by atoms with E-state index in [0.717, 1.165) is 17.7 Å². The summed E-state index contributed by atoms with van der Waals surface area (Å²) >= 11 is 3.27. The van der Waals surface area contributed by atoms with Gasteiger partial charge >= 0.3 is 0 Å². The summed E-state index contributed by atoms with van der Waals surface area (Å²) in [7, 11) is 0. The second-order valence-corrected chi connectivity index (χ2v) is 9.55. The number of ether oxygens (including phenoxy) is 2. The molecule has 0 aliphatic rings. The average molecular weight is 565 g/mol. The van der Waals surface area contributed by atoms with Crippen molar-refractivity contribution in [1.82, 2.24) is 4.57 Å². The molecule has 0 fully saturated rings. The van der Waals surface area contributed by atoms with Gasteiger partial charge in [0.25, 0.3) is 11.5 Å². The zero-order chi connectivity index (χ0) is 26.6. The van der Waals surface area contributed by atoms with Crippen LogP contribution in [0.1, 0.15) is 37.6 Å². The topological polar surface area (TPSA) is 89.8 Å². The summed E-state index contributed by atoms with van der Waals surface area (Å²) in [6, 6.07) is 11.8. The lowest BCUT2D eigenvalue weighted by Crippen LogP contribution is -2.42. The Hall–Kier alpha value is -3.08. The van der Waals surface area contributed by atoms with E-state index in [-0.39, 0.29) is 34.5 Å². The molecule has 1 atom stereocenters. The molecule has 0 saturated heterocycles. The van der Waals surface area contributed by atoms with Gasteiger partial charge in [-0.2, -0.15) is 0 Å². The van der Waals surface area contributed by atoms with E-state index in [1.165, 1.54) is 13.0 Å². The molecule has 2 N–H and O–H groups in total. The number of carbonyl (C=O) groups is 1. The van der Waals surface area contributed by atoms with Crippen LogP contribution in [-0.2, 0) is 22.7 Å². The molecule has 1 amide bonds. The van der Waals surface area contributed by atoms with Crippen molar-refractivity contribution in [2.24, 2.45) is 0 Å². The van der Waals surface area contributed by atoms with Crippen molar-refractivity contribution in [3.8, 4) is 5.75 Å². The first-order valence-electron chi connectivity index (χ1n) is 11.1. The molecule has 192 valence electrons. The van der Waals surface area contributed by atoms with E-state index >= 15 is 0 Å². The van der Waals surface area contributed by atoms with E-state index in [4.69, 9.17) is 9.47 Å². The third-order valence-corrected chi connectivity index (χ3v) is 6.11. The van der Waals surface area contributed by atoms with Crippen molar-refractivity contribution in [3.63, 3.8) is 0 Å². The number of aliphatic hydroxyl groups excluding tert-OH is 1. The van der Waals surface area contributed by atoms with Crippen LogP contribution in [-0.4, -0.2) is 27.5 Å². The van der Waals surface area contributed by atoms with Gasteiger partial charge in [-0.1, -0.05) is 12.1 Å². The zero-order valence-corrected chi connectivity index (χ0v) is 21.9. The summed E-state index contributed by atoms with van der Waals surface area (Å²) in [6.07, 6.45) is -1.09. The molecule has 0 radical (unpaired) electrons. The summed E-state index contributed by atoms with van der Waals surface area (Å²) in [6.45, 7) is 6.38. The third kappa shape index (κ3) is 6.77. The Morgan fingerprint density at radius 1 is 1.17 bits per heavy atom. The molecular formula is C26H27BrF2N2O5. The van der Waals surface area contributed by atoms with Gasteiger partial charge in [-0.25, -0.2) is 8.78 Å². The van der Waals surface area contributed by atoms with Gasteiger partial charge in [0.05, 0.1) is 6.54 Å². The van der Waals surface area contributed by atoms with Crippen LogP contribution in [0.25, 0.3) is 0 Å². The first-order valence-corrected chi connectivity index (χ1v) is 11.9. The Bertz CT molecular complexity index is 1310.